The molecule has 216 valence electrons. The first-order chi connectivity index (χ1) is 19.7. The Bertz CT molecular complexity index is 1500. The van der Waals surface area contributed by atoms with E-state index in [1.54, 1.807) is 24.3 Å². The Hall–Kier alpha value is -3.14. The molecule has 1 aromatic heterocycles. The zero-order chi connectivity index (χ0) is 28.4. The molecule has 5 aliphatic rings. The molecule has 2 atom stereocenters. The van der Waals surface area contributed by atoms with Crippen LogP contribution in [0.15, 0.2) is 47.6 Å². The van der Waals surface area contributed by atoms with E-state index in [-0.39, 0.29) is 28.6 Å². The number of hydrogen-bond acceptors (Lipinski definition) is 6. The van der Waals surface area contributed by atoms with Crippen LogP contribution in [-0.2, 0) is 10.3 Å². The number of aromatic nitrogens is 1. The van der Waals surface area contributed by atoms with Gasteiger partial charge in [-0.3, -0.25) is 0 Å². The molecule has 0 radical (unpaired) electrons. The predicted octanol–water partition coefficient (Wildman–Crippen LogP) is 8.09. The zero-order valence-electron chi connectivity index (χ0n) is 22.5. The lowest BCUT2D eigenvalue weighted by atomic mass is 9.52. The maximum Gasteiger partial charge on any atom is 0.573 e. The third-order valence-corrected chi connectivity index (χ3v) is 11.3. The Kier molecular flexibility index (Phi) is 6.33. The van der Waals surface area contributed by atoms with Crippen molar-refractivity contribution in [3.63, 3.8) is 0 Å². The van der Waals surface area contributed by atoms with E-state index in [1.807, 2.05) is 6.07 Å². The molecule has 1 N–H and O–H groups in total. The van der Waals surface area contributed by atoms with Gasteiger partial charge in [0.2, 0.25) is 0 Å². The van der Waals surface area contributed by atoms with Crippen LogP contribution in [0.4, 0.5) is 13.2 Å². The van der Waals surface area contributed by atoms with Crippen LogP contribution < -0.4 is 4.74 Å². The van der Waals surface area contributed by atoms with Crippen LogP contribution in [0.1, 0.15) is 85.1 Å². The summed E-state index contributed by atoms with van der Waals surface area (Å²) in [4.78, 5) is 22.6. The Labute approximate surface area is 239 Å². The zero-order valence-corrected chi connectivity index (χ0v) is 23.3. The highest BCUT2D eigenvalue weighted by Gasteiger charge is 2.52. The highest BCUT2D eigenvalue weighted by Crippen LogP contribution is 2.61. The number of benzene rings is 2. The van der Waals surface area contributed by atoms with Gasteiger partial charge < -0.3 is 14.7 Å². The normalized spacial score (nSPS) is 29.4. The molecule has 2 bridgehead atoms. The number of carbonyl (C=O) groups is 1. The van der Waals surface area contributed by atoms with Crippen LogP contribution in [0.5, 0.6) is 5.75 Å². The maximum atomic E-state index is 13.2. The smallest absolute Gasteiger partial charge is 0.478 e. The van der Waals surface area contributed by atoms with Gasteiger partial charge in [0.15, 0.2) is 0 Å². The van der Waals surface area contributed by atoms with E-state index in [0.29, 0.717) is 22.8 Å². The summed E-state index contributed by atoms with van der Waals surface area (Å²) < 4.78 is 44.6. The lowest BCUT2D eigenvalue weighted by molar-refractivity contribution is -0.274. The van der Waals surface area contributed by atoms with Gasteiger partial charge in [-0.1, -0.05) is 23.4 Å². The summed E-state index contributed by atoms with van der Waals surface area (Å²) in [6, 6.07) is 11.5. The summed E-state index contributed by atoms with van der Waals surface area (Å²) in [5.41, 5.74) is 2.19. The maximum absolute atomic E-state index is 13.2. The molecule has 41 heavy (non-hydrogen) atoms. The fraction of sp³-hybridized carbons (Fsp3) is 0.516. The molecular weight excluding hydrogens is 553 g/mol. The van der Waals surface area contributed by atoms with Crippen molar-refractivity contribution in [3.05, 3.63) is 58.6 Å². The number of thiazole rings is 1. The average Bonchev–Trinajstić information content (AvgIpc) is 3.55. The van der Waals surface area contributed by atoms with Gasteiger partial charge in [0.1, 0.15) is 16.9 Å². The predicted molar refractivity (Wildman–Crippen MR) is 148 cm³/mol. The Morgan fingerprint density at radius 2 is 1.78 bits per heavy atom. The molecule has 10 heteroatoms. The van der Waals surface area contributed by atoms with Gasteiger partial charge in [-0.25, -0.2) is 9.78 Å². The van der Waals surface area contributed by atoms with E-state index < -0.39 is 12.3 Å². The van der Waals surface area contributed by atoms with E-state index in [1.165, 1.54) is 23.5 Å². The molecule has 0 spiro atoms. The molecule has 4 saturated carbocycles. The van der Waals surface area contributed by atoms with Crippen molar-refractivity contribution in [2.24, 2.45) is 22.4 Å². The van der Waals surface area contributed by atoms with Gasteiger partial charge in [-0.2, -0.15) is 0 Å². The summed E-state index contributed by atoms with van der Waals surface area (Å²) in [5, 5.41) is 15.0. The molecule has 2 aromatic carbocycles. The first kappa shape index (κ1) is 26.7. The van der Waals surface area contributed by atoms with E-state index in [0.717, 1.165) is 79.4 Å². The Morgan fingerprint density at radius 3 is 2.46 bits per heavy atom. The number of fused-ring (bicyclic) bond motifs is 4. The van der Waals surface area contributed by atoms with Crippen molar-refractivity contribution in [2.45, 2.75) is 82.1 Å². The quantitative estimate of drug-likeness (QED) is 0.289. The molecule has 2 unspecified atom stereocenters. The Balaban J connectivity index is 1.09. The third-order valence-electron chi connectivity index (χ3n) is 9.98. The van der Waals surface area contributed by atoms with Crippen LogP contribution >= 0.6 is 11.3 Å². The number of hydrogen-bond donors (Lipinski definition) is 1. The topological polar surface area (TPSA) is 81.0 Å². The minimum atomic E-state index is -4.78. The van der Waals surface area contributed by atoms with Crippen LogP contribution in [-0.4, -0.2) is 34.2 Å². The van der Waals surface area contributed by atoms with Crippen molar-refractivity contribution in [1.29, 1.82) is 0 Å². The van der Waals surface area contributed by atoms with Crippen LogP contribution in [0.2, 0.25) is 0 Å². The molecule has 6 nitrogen and oxygen atoms in total. The number of rotatable bonds is 8. The second-order valence-electron chi connectivity index (χ2n) is 12.3. The molecule has 4 fully saturated rings. The summed E-state index contributed by atoms with van der Waals surface area (Å²) in [6.45, 7) is 0. The number of ether oxygens (including phenoxy) is 1. The van der Waals surface area contributed by atoms with Gasteiger partial charge in [0, 0.05) is 16.9 Å². The van der Waals surface area contributed by atoms with E-state index >= 15 is 0 Å². The molecule has 0 amide bonds. The fourth-order valence-corrected chi connectivity index (χ4v) is 8.80. The lowest BCUT2D eigenvalue weighted by Crippen LogP contribution is -2.44. The van der Waals surface area contributed by atoms with E-state index in [2.05, 4.69) is 9.89 Å². The molecule has 4 aliphatic carbocycles. The van der Waals surface area contributed by atoms with Gasteiger partial charge in [-0.15, -0.1) is 24.5 Å². The average molecular weight is 585 g/mol. The number of para-hydroxylation sites is 1. The van der Waals surface area contributed by atoms with Crippen molar-refractivity contribution < 1.29 is 32.6 Å². The number of oxime groups is 1. The number of carboxylic acid groups (broad SMARTS) is 1. The second kappa shape index (κ2) is 9.71. The molecule has 1 aliphatic heterocycles. The third kappa shape index (κ3) is 4.87. The molecule has 3 aromatic rings. The van der Waals surface area contributed by atoms with E-state index in [4.69, 9.17) is 9.82 Å². The SMILES string of the molecule is O=C(O)c1cccc2nc(C34CCC(CCC5C(c6ccccc6OC(F)(F)F)=NOC5C5CC5)(CC3)CC4)sc12. The van der Waals surface area contributed by atoms with Crippen LogP contribution in [0.3, 0.4) is 0 Å². The number of nitrogens with zero attached hydrogens (tertiary/aromatic N) is 2. The summed E-state index contributed by atoms with van der Waals surface area (Å²) >= 11 is 1.54. The van der Waals surface area contributed by atoms with Gasteiger partial charge in [0.05, 0.1) is 21.5 Å². The number of halogens is 3. The monoisotopic (exact) mass is 584 g/mol. The summed E-state index contributed by atoms with van der Waals surface area (Å²) in [5.74, 6) is -0.828. The fourth-order valence-electron chi connectivity index (χ4n) is 7.46. The number of carboxylic acids is 1. The van der Waals surface area contributed by atoms with Crippen molar-refractivity contribution in [2.75, 3.05) is 0 Å². The minimum absolute atomic E-state index is 0.00524. The van der Waals surface area contributed by atoms with Crippen molar-refractivity contribution in [1.82, 2.24) is 4.98 Å². The minimum Gasteiger partial charge on any atom is -0.478 e. The molecule has 8 rings (SSSR count). The van der Waals surface area contributed by atoms with Crippen LogP contribution in [0.25, 0.3) is 10.2 Å². The first-order valence-electron chi connectivity index (χ1n) is 14.4. The number of alkyl halides is 3. The van der Waals surface area contributed by atoms with Gasteiger partial charge in [0.25, 0.3) is 0 Å². The molecule has 0 saturated heterocycles. The number of aromatic carboxylic acids is 1. The highest BCUT2D eigenvalue weighted by atomic mass is 32.1. The van der Waals surface area contributed by atoms with Crippen molar-refractivity contribution >= 4 is 33.2 Å². The summed E-state index contributed by atoms with van der Waals surface area (Å²) in [7, 11) is 0. The first-order valence-corrected chi connectivity index (χ1v) is 15.2. The van der Waals surface area contributed by atoms with Gasteiger partial charge in [-0.05, 0) is 99.8 Å². The summed E-state index contributed by atoms with van der Waals surface area (Å²) in [6.07, 6.45) is 5.29. The Morgan fingerprint density at radius 1 is 1.05 bits per heavy atom. The van der Waals surface area contributed by atoms with E-state index in [9.17, 15) is 23.1 Å². The molecular formula is C31H31F3N2O4S. The largest absolute Gasteiger partial charge is 0.573 e. The van der Waals surface area contributed by atoms with Crippen LogP contribution in [0, 0.1) is 17.3 Å². The second-order valence-corrected chi connectivity index (χ2v) is 13.3. The van der Waals surface area contributed by atoms with Crippen molar-refractivity contribution in [3.8, 4) is 5.75 Å². The highest BCUT2D eigenvalue weighted by molar-refractivity contribution is 7.19. The van der Waals surface area contributed by atoms with Gasteiger partial charge >= 0.3 is 12.3 Å². The lowest BCUT2D eigenvalue weighted by Gasteiger charge is -2.53. The molecule has 2 heterocycles. The standard InChI is InChI=1S/C31H31F3N2O4S/c32-31(33,34)39-23-7-2-1-4-19(23)24-20(25(40-36-24)18-8-9-18)10-11-29-12-15-30(16-13-29,17-14-29)28-35-22-6-3-5-21(27(37)38)26(22)41-28/h1-7,18,20,25H,8-17H2,(H,37,38).